The van der Waals surface area contributed by atoms with E-state index in [1.54, 1.807) is 4.90 Å². The number of rotatable bonds is 4. The normalized spacial score (nSPS) is 20.8. The van der Waals surface area contributed by atoms with Gasteiger partial charge >= 0.3 is 0 Å². The lowest BCUT2D eigenvalue weighted by atomic mass is 9.99. The van der Waals surface area contributed by atoms with Gasteiger partial charge in [0.2, 0.25) is 11.8 Å². The molecule has 1 aromatic carbocycles. The fourth-order valence-electron chi connectivity index (χ4n) is 3.76. The Morgan fingerprint density at radius 3 is 2.52 bits per heavy atom. The molecule has 2 heterocycles. The van der Waals surface area contributed by atoms with Crippen LogP contribution in [0, 0.1) is 11.6 Å². The maximum atomic E-state index is 13.7. The zero-order valence-electron chi connectivity index (χ0n) is 14.3. The van der Waals surface area contributed by atoms with Gasteiger partial charge in [0, 0.05) is 26.1 Å². The van der Waals surface area contributed by atoms with Crippen LogP contribution in [0.1, 0.15) is 44.1 Å². The molecule has 1 unspecified atom stereocenters. The second-order valence-corrected chi connectivity index (χ2v) is 6.87. The molecule has 25 heavy (non-hydrogen) atoms. The van der Waals surface area contributed by atoms with Crippen LogP contribution in [0.4, 0.5) is 8.78 Å². The molecule has 0 radical (unpaired) electrons. The van der Waals surface area contributed by atoms with Gasteiger partial charge in [-0.25, -0.2) is 8.78 Å². The number of halogens is 2. The molecule has 2 aliphatic heterocycles. The number of hydrogen-bond acceptors (Lipinski definition) is 2. The zero-order valence-corrected chi connectivity index (χ0v) is 14.3. The number of aryl methyl sites for hydroxylation is 1. The first-order valence-electron chi connectivity index (χ1n) is 9.08. The van der Waals surface area contributed by atoms with Crippen LogP contribution in [0.15, 0.2) is 18.2 Å². The van der Waals surface area contributed by atoms with Crippen molar-refractivity contribution in [2.45, 2.75) is 51.0 Å². The van der Waals surface area contributed by atoms with E-state index in [2.05, 4.69) is 0 Å². The van der Waals surface area contributed by atoms with Gasteiger partial charge in [0.15, 0.2) is 0 Å². The number of piperidine rings is 1. The van der Waals surface area contributed by atoms with Crippen molar-refractivity contribution >= 4 is 11.8 Å². The van der Waals surface area contributed by atoms with E-state index >= 15 is 0 Å². The van der Waals surface area contributed by atoms with Gasteiger partial charge in [-0.2, -0.15) is 0 Å². The zero-order chi connectivity index (χ0) is 17.8. The topological polar surface area (TPSA) is 40.6 Å². The monoisotopic (exact) mass is 350 g/mol. The Morgan fingerprint density at radius 1 is 1.04 bits per heavy atom. The Morgan fingerprint density at radius 2 is 1.76 bits per heavy atom. The molecule has 136 valence electrons. The first-order chi connectivity index (χ1) is 12.1. The van der Waals surface area contributed by atoms with E-state index in [1.165, 1.54) is 0 Å². The van der Waals surface area contributed by atoms with Crippen molar-refractivity contribution in [2.24, 2.45) is 0 Å². The third-order valence-corrected chi connectivity index (χ3v) is 5.14. The van der Waals surface area contributed by atoms with Crippen LogP contribution in [0.5, 0.6) is 0 Å². The fraction of sp³-hybridized carbons (Fsp3) is 0.579. The molecule has 4 nitrogen and oxygen atoms in total. The van der Waals surface area contributed by atoms with Crippen LogP contribution in [0.2, 0.25) is 0 Å². The van der Waals surface area contributed by atoms with Crippen molar-refractivity contribution in [1.29, 1.82) is 0 Å². The third kappa shape index (κ3) is 4.17. The molecule has 0 saturated carbocycles. The minimum absolute atomic E-state index is 0.0440. The summed E-state index contributed by atoms with van der Waals surface area (Å²) in [7, 11) is 0. The molecule has 0 aliphatic carbocycles. The predicted octanol–water partition coefficient (Wildman–Crippen LogP) is 2.90. The first-order valence-corrected chi connectivity index (χ1v) is 9.08. The average molecular weight is 350 g/mol. The maximum absolute atomic E-state index is 13.7. The van der Waals surface area contributed by atoms with Crippen LogP contribution in [0.25, 0.3) is 0 Å². The lowest BCUT2D eigenvalue weighted by Crippen LogP contribution is -2.52. The number of carbonyl (C=O) groups excluding carboxylic acids is 2. The molecule has 3 rings (SSSR count). The Kier molecular flexibility index (Phi) is 5.66. The van der Waals surface area contributed by atoms with E-state index in [0.29, 0.717) is 13.0 Å². The molecule has 1 atom stereocenters. The van der Waals surface area contributed by atoms with Crippen molar-refractivity contribution in [3.8, 4) is 0 Å². The Bertz CT molecular complexity index is 644. The largest absolute Gasteiger partial charge is 0.341 e. The number of benzene rings is 1. The van der Waals surface area contributed by atoms with Gasteiger partial charge in [0.1, 0.15) is 17.7 Å². The Balaban J connectivity index is 1.64. The standard InChI is InChI=1S/C19H24F2N2O2/c20-15-7-8-16(21)14(13-15)6-9-18(24)23-12-2-1-5-17(23)19(25)22-10-3-4-11-22/h7-8,13,17H,1-6,9-12H2. The quantitative estimate of drug-likeness (QED) is 0.838. The van der Waals surface area contributed by atoms with Gasteiger partial charge in [-0.05, 0) is 62.3 Å². The lowest BCUT2D eigenvalue weighted by Gasteiger charge is -2.37. The minimum atomic E-state index is -0.510. The molecule has 0 bridgehead atoms. The van der Waals surface area contributed by atoms with E-state index < -0.39 is 17.7 Å². The number of amides is 2. The molecule has 2 saturated heterocycles. The summed E-state index contributed by atoms with van der Waals surface area (Å²) in [5.74, 6) is -1.12. The second-order valence-electron chi connectivity index (χ2n) is 6.87. The summed E-state index contributed by atoms with van der Waals surface area (Å²) in [5.41, 5.74) is 0.202. The highest BCUT2D eigenvalue weighted by Crippen LogP contribution is 2.23. The van der Waals surface area contributed by atoms with Crippen molar-refractivity contribution in [3.05, 3.63) is 35.4 Å². The second kappa shape index (κ2) is 7.93. The highest BCUT2D eigenvalue weighted by Gasteiger charge is 2.35. The maximum Gasteiger partial charge on any atom is 0.245 e. The Labute approximate surface area is 146 Å². The van der Waals surface area contributed by atoms with Crippen LogP contribution in [-0.4, -0.2) is 47.3 Å². The summed E-state index contributed by atoms with van der Waals surface area (Å²) < 4.78 is 27.0. The van der Waals surface area contributed by atoms with Crippen LogP contribution in [0.3, 0.4) is 0 Å². The number of likely N-dealkylation sites (tertiary alicyclic amines) is 2. The number of nitrogens with zero attached hydrogens (tertiary/aromatic N) is 2. The number of hydrogen-bond donors (Lipinski definition) is 0. The molecule has 2 amide bonds. The van der Waals surface area contributed by atoms with Gasteiger partial charge in [-0.1, -0.05) is 0 Å². The molecule has 0 N–H and O–H groups in total. The summed E-state index contributed by atoms with van der Waals surface area (Å²) in [6, 6.07) is 2.88. The molecule has 0 aromatic heterocycles. The van der Waals surface area contributed by atoms with Gasteiger partial charge in [-0.15, -0.1) is 0 Å². The summed E-state index contributed by atoms with van der Waals surface area (Å²) in [4.78, 5) is 28.9. The van der Waals surface area contributed by atoms with E-state index in [9.17, 15) is 18.4 Å². The summed E-state index contributed by atoms with van der Waals surface area (Å²) in [6.45, 7) is 2.10. The molecule has 6 heteroatoms. The lowest BCUT2D eigenvalue weighted by molar-refractivity contribution is -0.147. The van der Waals surface area contributed by atoms with Crippen molar-refractivity contribution in [2.75, 3.05) is 19.6 Å². The Hall–Kier alpha value is -1.98. The molecule has 2 fully saturated rings. The van der Waals surface area contributed by atoms with Gasteiger partial charge in [0.25, 0.3) is 0 Å². The van der Waals surface area contributed by atoms with E-state index in [-0.39, 0.29) is 30.2 Å². The highest BCUT2D eigenvalue weighted by atomic mass is 19.1. The third-order valence-electron chi connectivity index (χ3n) is 5.14. The molecular formula is C19H24F2N2O2. The summed E-state index contributed by atoms with van der Waals surface area (Å²) in [6.07, 6.45) is 4.77. The molecule has 1 aromatic rings. The van der Waals surface area contributed by atoms with Crippen molar-refractivity contribution < 1.29 is 18.4 Å². The number of carbonyl (C=O) groups is 2. The average Bonchev–Trinajstić information content (AvgIpc) is 3.16. The van der Waals surface area contributed by atoms with E-state index in [0.717, 1.165) is 57.0 Å². The molecular weight excluding hydrogens is 326 g/mol. The smallest absolute Gasteiger partial charge is 0.245 e. The summed E-state index contributed by atoms with van der Waals surface area (Å²) >= 11 is 0. The predicted molar refractivity (Wildman–Crippen MR) is 89.8 cm³/mol. The van der Waals surface area contributed by atoms with E-state index in [4.69, 9.17) is 0 Å². The van der Waals surface area contributed by atoms with Crippen molar-refractivity contribution in [3.63, 3.8) is 0 Å². The SMILES string of the molecule is O=C(C1CCCCN1C(=O)CCc1cc(F)ccc1F)N1CCCC1. The van der Waals surface area contributed by atoms with Gasteiger partial charge < -0.3 is 9.80 Å². The highest BCUT2D eigenvalue weighted by molar-refractivity contribution is 5.88. The molecule has 0 spiro atoms. The van der Waals surface area contributed by atoms with Crippen LogP contribution >= 0.6 is 0 Å². The van der Waals surface area contributed by atoms with Crippen LogP contribution in [-0.2, 0) is 16.0 Å². The first kappa shape index (κ1) is 17.8. The van der Waals surface area contributed by atoms with Crippen molar-refractivity contribution in [1.82, 2.24) is 9.80 Å². The minimum Gasteiger partial charge on any atom is -0.341 e. The van der Waals surface area contributed by atoms with Crippen LogP contribution < -0.4 is 0 Å². The van der Waals surface area contributed by atoms with Gasteiger partial charge in [-0.3, -0.25) is 9.59 Å². The fourth-order valence-corrected chi connectivity index (χ4v) is 3.76. The van der Waals surface area contributed by atoms with Gasteiger partial charge in [0.05, 0.1) is 0 Å². The summed E-state index contributed by atoms with van der Waals surface area (Å²) in [5, 5.41) is 0. The van der Waals surface area contributed by atoms with E-state index in [1.807, 2.05) is 4.90 Å². The molecule has 2 aliphatic rings.